The summed E-state index contributed by atoms with van der Waals surface area (Å²) < 4.78 is 11.3. The van der Waals surface area contributed by atoms with E-state index in [0.717, 1.165) is 11.3 Å². The Kier molecular flexibility index (Phi) is 5.38. The molecule has 0 aromatic heterocycles. The van der Waals surface area contributed by atoms with Crippen LogP contribution in [0.1, 0.15) is 28.4 Å². The molecule has 0 saturated carbocycles. The minimum absolute atomic E-state index is 0.310. The number of nitrogens with two attached hydrogens (primary N) is 1. The molecule has 0 saturated heterocycles. The molecule has 1 amide bonds. The first-order valence-electron chi connectivity index (χ1n) is 7.10. The lowest BCUT2D eigenvalue weighted by atomic mass is 10.1. The molecule has 0 unspecified atom stereocenters. The number of hydrazine groups is 1. The van der Waals surface area contributed by atoms with Crippen molar-refractivity contribution in [2.24, 2.45) is 5.84 Å². The van der Waals surface area contributed by atoms with Gasteiger partial charge < -0.3 is 9.47 Å². The number of benzene rings is 2. The highest BCUT2D eigenvalue weighted by molar-refractivity contribution is 5.94. The van der Waals surface area contributed by atoms with Crippen LogP contribution in [0.3, 0.4) is 0 Å². The highest BCUT2D eigenvalue weighted by Gasteiger charge is 2.10. The van der Waals surface area contributed by atoms with E-state index < -0.39 is 0 Å². The zero-order valence-corrected chi connectivity index (χ0v) is 12.8. The van der Waals surface area contributed by atoms with Gasteiger partial charge in [-0.2, -0.15) is 0 Å². The van der Waals surface area contributed by atoms with Gasteiger partial charge in [-0.25, -0.2) is 5.84 Å². The topological polar surface area (TPSA) is 73.6 Å². The van der Waals surface area contributed by atoms with E-state index in [1.54, 1.807) is 18.2 Å². The Hall–Kier alpha value is -2.53. The summed E-state index contributed by atoms with van der Waals surface area (Å²) in [6.07, 6.45) is 0. The average molecular weight is 300 g/mol. The van der Waals surface area contributed by atoms with Crippen molar-refractivity contribution < 1.29 is 14.3 Å². The smallest absolute Gasteiger partial charge is 0.265 e. The van der Waals surface area contributed by atoms with Crippen molar-refractivity contribution in [3.63, 3.8) is 0 Å². The van der Waals surface area contributed by atoms with Crippen molar-refractivity contribution in [2.75, 3.05) is 6.61 Å². The van der Waals surface area contributed by atoms with E-state index in [9.17, 15) is 4.79 Å². The van der Waals surface area contributed by atoms with E-state index in [2.05, 4.69) is 5.43 Å². The Morgan fingerprint density at radius 3 is 2.50 bits per heavy atom. The fraction of sp³-hybridized carbons (Fsp3) is 0.235. The van der Waals surface area contributed by atoms with Gasteiger partial charge in [0.1, 0.15) is 18.1 Å². The van der Waals surface area contributed by atoms with Gasteiger partial charge in [0.25, 0.3) is 5.91 Å². The number of amides is 1. The molecule has 2 aromatic rings. The van der Waals surface area contributed by atoms with E-state index in [0.29, 0.717) is 24.5 Å². The molecule has 2 aromatic carbocycles. The third-order valence-electron chi connectivity index (χ3n) is 3.17. The number of nitrogen functional groups attached to an aromatic ring is 1. The van der Waals surface area contributed by atoms with Crippen LogP contribution < -0.4 is 20.7 Å². The number of carbonyl (C=O) groups excluding carboxylic acids is 1. The van der Waals surface area contributed by atoms with Crippen molar-refractivity contribution in [1.29, 1.82) is 0 Å². The van der Waals surface area contributed by atoms with Crippen LogP contribution >= 0.6 is 0 Å². The zero-order valence-electron chi connectivity index (χ0n) is 12.8. The summed E-state index contributed by atoms with van der Waals surface area (Å²) in [5.41, 5.74) is 4.55. The molecular formula is C17H20N2O3. The molecule has 0 fully saturated rings. The highest BCUT2D eigenvalue weighted by Crippen LogP contribution is 2.23. The molecule has 3 N–H and O–H groups in total. The Morgan fingerprint density at radius 2 is 1.86 bits per heavy atom. The molecular weight excluding hydrogens is 280 g/mol. The van der Waals surface area contributed by atoms with Gasteiger partial charge in [0.2, 0.25) is 0 Å². The second-order valence-corrected chi connectivity index (χ2v) is 4.83. The van der Waals surface area contributed by atoms with Gasteiger partial charge in [-0.3, -0.25) is 10.2 Å². The first kappa shape index (κ1) is 15.9. The van der Waals surface area contributed by atoms with E-state index in [1.165, 1.54) is 5.56 Å². The molecule has 0 bridgehead atoms. The summed E-state index contributed by atoms with van der Waals surface area (Å²) in [5.74, 6) is 6.28. The summed E-state index contributed by atoms with van der Waals surface area (Å²) in [5, 5.41) is 0. The third kappa shape index (κ3) is 3.99. The fourth-order valence-corrected chi connectivity index (χ4v) is 2.01. The lowest BCUT2D eigenvalue weighted by Crippen LogP contribution is -2.30. The van der Waals surface area contributed by atoms with Crippen LogP contribution in [-0.2, 0) is 6.61 Å². The summed E-state index contributed by atoms with van der Waals surface area (Å²) in [7, 11) is 0. The maximum atomic E-state index is 11.6. The van der Waals surface area contributed by atoms with Gasteiger partial charge in [-0.1, -0.05) is 17.7 Å². The molecule has 0 aliphatic rings. The first-order chi connectivity index (χ1) is 10.6. The number of carbonyl (C=O) groups is 1. The number of nitrogens with one attached hydrogen (secondary N) is 1. The Labute approximate surface area is 130 Å². The van der Waals surface area contributed by atoms with E-state index in [4.69, 9.17) is 15.3 Å². The number of hydrogen-bond acceptors (Lipinski definition) is 4. The lowest BCUT2D eigenvalue weighted by molar-refractivity contribution is 0.0953. The van der Waals surface area contributed by atoms with Gasteiger partial charge in [0.15, 0.2) is 0 Å². The molecule has 0 radical (unpaired) electrons. The van der Waals surface area contributed by atoms with Crippen LogP contribution in [0.4, 0.5) is 0 Å². The normalized spacial score (nSPS) is 10.1. The number of ether oxygens (including phenoxy) is 2. The van der Waals surface area contributed by atoms with Crippen molar-refractivity contribution in [3.8, 4) is 11.5 Å². The molecule has 5 heteroatoms. The number of aryl methyl sites for hydroxylation is 1. The van der Waals surface area contributed by atoms with Gasteiger partial charge in [-0.05, 0) is 44.2 Å². The standard InChI is InChI=1S/C17H20N2O3/c1-3-21-16-9-6-13(17(20)19-18)10-14(16)11-22-15-7-4-12(2)5-8-15/h4-10H,3,11,18H2,1-2H3,(H,19,20). The molecule has 0 atom stereocenters. The number of hydrogen-bond donors (Lipinski definition) is 2. The minimum Gasteiger partial charge on any atom is -0.493 e. The SMILES string of the molecule is CCOc1ccc(C(=O)NN)cc1COc1ccc(C)cc1. The van der Waals surface area contributed by atoms with Crippen LogP contribution in [0.2, 0.25) is 0 Å². The van der Waals surface area contributed by atoms with E-state index in [1.807, 2.05) is 38.1 Å². The van der Waals surface area contributed by atoms with Crippen molar-refractivity contribution in [1.82, 2.24) is 5.43 Å². The van der Waals surface area contributed by atoms with Crippen LogP contribution in [0, 0.1) is 6.92 Å². The van der Waals surface area contributed by atoms with Crippen LogP contribution in [0.25, 0.3) is 0 Å². The summed E-state index contributed by atoms with van der Waals surface area (Å²) in [4.78, 5) is 11.6. The molecule has 116 valence electrons. The van der Waals surface area contributed by atoms with Crippen LogP contribution in [0.15, 0.2) is 42.5 Å². The zero-order chi connectivity index (χ0) is 15.9. The second-order valence-electron chi connectivity index (χ2n) is 4.83. The lowest BCUT2D eigenvalue weighted by Gasteiger charge is -2.13. The number of rotatable bonds is 6. The minimum atomic E-state index is -0.348. The molecule has 2 rings (SSSR count). The first-order valence-corrected chi connectivity index (χ1v) is 7.10. The van der Waals surface area contributed by atoms with Gasteiger partial charge in [-0.15, -0.1) is 0 Å². The van der Waals surface area contributed by atoms with Crippen LogP contribution in [0.5, 0.6) is 11.5 Å². The van der Waals surface area contributed by atoms with Crippen molar-refractivity contribution in [3.05, 3.63) is 59.2 Å². The second kappa shape index (κ2) is 7.47. The van der Waals surface area contributed by atoms with Crippen molar-refractivity contribution in [2.45, 2.75) is 20.5 Å². The third-order valence-corrected chi connectivity index (χ3v) is 3.17. The largest absolute Gasteiger partial charge is 0.493 e. The monoisotopic (exact) mass is 300 g/mol. The maximum Gasteiger partial charge on any atom is 0.265 e. The average Bonchev–Trinajstić information content (AvgIpc) is 2.55. The maximum absolute atomic E-state index is 11.6. The fourth-order valence-electron chi connectivity index (χ4n) is 2.01. The molecule has 0 aliphatic heterocycles. The van der Waals surface area contributed by atoms with Gasteiger partial charge >= 0.3 is 0 Å². The summed E-state index contributed by atoms with van der Waals surface area (Å²) >= 11 is 0. The van der Waals surface area contributed by atoms with Gasteiger partial charge in [0, 0.05) is 11.1 Å². The molecule has 5 nitrogen and oxygen atoms in total. The highest BCUT2D eigenvalue weighted by atomic mass is 16.5. The Morgan fingerprint density at radius 1 is 1.14 bits per heavy atom. The summed E-state index contributed by atoms with van der Waals surface area (Å²) in [6.45, 7) is 4.78. The quantitative estimate of drug-likeness (QED) is 0.488. The van der Waals surface area contributed by atoms with E-state index >= 15 is 0 Å². The molecule has 0 spiro atoms. The predicted octanol–water partition coefficient (Wildman–Crippen LogP) is 2.58. The van der Waals surface area contributed by atoms with Gasteiger partial charge in [0.05, 0.1) is 6.61 Å². The van der Waals surface area contributed by atoms with Crippen molar-refractivity contribution >= 4 is 5.91 Å². The van der Waals surface area contributed by atoms with Crippen LogP contribution in [-0.4, -0.2) is 12.5 Å². The van der Waals surface area contributed by atoms with E-state index in [-0.39, 0.29) is 5.91 Å². The molecule has 22 heavy (non-hydrogen) atoms. The molecule has 0 heterocycles. The Balaban J connectivity index is 2.18. The summed E-state index contributed by atoms with van der Waals surface area (Å²) in [6, 6.07) is 12.9. The Bertz CT molecular complexity index is 639. The molecule has 0 aliphatic carbocycles. The predicted molar refractivity (Wildman–Crippen MR) is 84.8 cm³/mol.